The van der Waals surface area contributed by atoms with Crippen LogP contribution in [0.4, 0.5) is 0 Å². The highest BCUT2D eigenvalue weighted by Crippen LogP contribution is 2.29. The minimum absolute atomic E-state index is 0.263. The Morgan fingerprint density at radius 3 is 2.36 bits per heavy atom. The molecule has 0 radical (unpaired) electrons. The molecule has 0 amide bonds. The first-order chi connectivity index (χ1) is 6.41. The molecule has 0 saturated carbocycles. The summed E-state index contributed by atoms with van der Waals surface area (Å²) < 4.78 is 6.18. The third kappa shape index (κ3) is 3.37. The van der Waals surface area contributed by atoms with E-state index in [4.69, 9.17) is 4.43 Å². The summed E-state index contributed by atoms with van der Waals surface area (Å²) >= 11 is 0. The summed E-state index contributed by atoms with van der Waals surface area (Å²) in [6, 6.07) is 0.588. The van der Waals surface area contributed by atoms with Crippen LogP contribution in [0.25, 0.3) is 0 Å². The molecule has 0 aromatic carbocycles. The van der Waals surface area contributed by atoms with Crippen LogP contribution in [0, 0.1) is 5.41 Å². The second-order valence-corrected chi connectivity index (χ2v) is 8.04. The maximum atomic E-state index is 6.18. The summed E-state index contributed by atoms with van der Waals surface area (Å²) in [4.78, 5) is 0. The molecule has 0 spiro atoms. The molecule has 1 saturated heterocycles. The van der Waals surface area contributed by atoms with Gasteiger partial charge >= 0.3 is 0 Å². The standard InChI is InChI=1S/C11H25NOSi/c1-11(2,3)10(13-14(4)5)9-7-6-8-12-9/h9-10,12,14H,6-8H2,1-5H3/t9-,10?/m0/s1. The summed E-state index contributed by atoms with van der Waals surface area (Å²) in [5.41, 5.74) is 0.263. The normalized spacial score (nSPS) is 25.7. The molecule has 1 fully saturated rings. The molecular formula is C11H25NOSi. The van der Waals surface area contributed by atoms with Crippen molar-refractivity contribution in [1.82, 2.24) is 5.32 Å². The van der Waals surface area contributed by atoms with Crippen molar-refractivity contribution in [2.45, 2.75) is 58.9 Å². The van der Waals surface area contributed by atoms with Crippen LogP contribution >= 0.6 is 0 Å². The zero-order chi connectivity index (χ0) is 10.8. The van der Waals surface area contributed by atoms with Gasteiger partial charge in [-0.15, -0.1) is 0 Å². The van der Waals surface area contributed by atoms with Gasteiger partial charge in [-0.3, -0.25) is 0 Å². The van der Waals surface area contributed by atoms with Crippen molar-refractivity contribution in [2.75, 3.05) is 6.54 Å². The molecule has 84 valence electrons. The lowest BCUT2D eigenvalue weighted by molar-refractivity contribution is 0.0564. The number of hydrogen-bond donors (Lipinski definition) is 1. The molecule has 2 nitrogen and oxygen atoms in total. The lowest BCUT2D eigenvalue weighted by Crippen LogP contribution is -2.46. The highest BCUT2D eigenvalue weighted by Gasteiger charge is 2.34. The molecule has 1 aliphatic heterocycles. The SMILES string of the molecule is C[SiH](C)OC([C@@H]1CCCN1)C(C)(C)C. The first-order valence-electron chi connectivity index (χ1n) is 5.80. The second kappa shape index (κ2) is 4.77. The predicted octanol–water partition coefficient (Wildman–Crippen LogP) is 2.15. The molecule has 1 heterocycles. The van der Waals surface area contributed by atoms with Crippen LogP contribution in [-0.4, -0.2) is 27.7 Å². The van der Waals surface area contributed by atoms with Gasteiger partial charge in [0, 0.05) is 6.04 Å². The summed E-state index contributed by atoms with van der Waals surface area (Å²) in [6.45, 7) is 12.5. The van der Waals surface area contributed by atoms with Crippen LogP contribution in [0.3, 0.4) is 0 Å². The largest absolute Gasteiger partial charge is 0.416 e. The van der Waals surface area contributed by atoms with Gasteiger partial charge in [0.25, 0.3) is 0 Å². The van der Waals surface area contributed by atoms with Gasteiger partial charge in [-0.2, -0.15) is 0 Å². The van der Waals surface area contributed by atoms with Crippen molar-refractivity contribution in [3.05, 3.63) is 0 Å². The maximum Gasteiger partial charge on any atom is 0.171 e. The minimum Gasteiger partial charge on any atom is -0.416 e. The van der Waals surface area contributed by atoms with Crippen molar-refractivity contribution in [2.24, 2.45) is 5.41 Å². The molecule has 14 heavy (non-hydrogen) atoms. The monoisotopic (exact) mass is 215 g/mol. The number of rotatable bonds is 3. The van der Waals surface area contributed by atoms with Gasteiger partial charge in [0.15, 0.2) is 9.04 Å². The maximum absolute atomic E-state index is 6.18. The van der Waals surface area contributed by atoms with Crippen LogP contribution in [0.5, 0.6) is 0 Å². The Bertz CT molecular complexity index is 171. The van der Waals surface area contributed by atoms with Crippen molar-refractivity contribution in [3.63, 3.8) is 0 Å². The summed E-state index contributed by atoms with van der Waals surface area (Å²) in [5, 5.41) is 3.57. The van der Waals surface area contributed by atoms with Crippen molar-refractivity contribution >= 4 is 9.04 Å². The predicted molar refractivity (Wildman–Crippen MR) is 64.2 cm³/mol. The third-order valence-electron chi connectivity index (χ3n) is 2.74. The van der Waals surface area contributed by atoms with Crippen LogP contribution < -0.4 is 5.32 Å². The highest BCUT2D eigenvalue weighted by molar-refractivity contribution is 6.48. The Hall–Kier alpha value is 0.137. The van der Waals surface area contributed by atoms with Gasteiger partial charge in [-0.05, 0) is 37.9 Å². The molecule has 0 bridgehead atoms. The van der Waals surface area contributed by atoms with Gasteiger partial charge in [0.1, 0.15) is 0 Å². The van der Waals surface area contributed by atoms with Gasteiger partial charge < -0.3 is 9.74 Å². The fraction of sp³-hybridized carbons (Fsp3) is 1.00. The van der Waals surface area contributed by atoms with Gasteiger partial charge in [-0.1, -0.05) is 20.8 Å². The van der Waals surface area contributed by atoms with Crippen LogP contribution in [-0.2, 0) is 4.43 Å². The molecule has 3 heteroatoms. The second-order valence-electron chi connectivity index (χ2n) is 5.67. The Morgan fingerprint density at radius 1 is 1.36 bits per heavy atom. The topological polar surface area (TPSA) is 21.3 Å². The van der Waals surface area contributed by atoms with Gasteiger partial charge in [-0.25, -0.2) is 0 Å². The van der Waals surface area contributed by atoms with E-state index in [1.807, 2.05) is 0 Å². The van der Waals surface area contributed by atoms with E-state index in [0.717, 1.165) is 0 Å². The Balaban J connectivity index is 2.60. The Labute approximate surface area is 90.1 Å². The summed E-state index contributed by atoms with van der Waals surface area (Å²) in [6.07, 6.45) is 2.99. The van der Waals surface area contributed by atoms with Gasteiger partial charge in [0.05, 0.1) is 6.10 Å². The van der Waals surface area contributed by atoms with E-state index in [1.165, 1.54) is 19.4 Å². The van der Waals surface area contributed by atoms with E-state index < -0.39 is 9.04 Å². The van der Waals surface area contributed by atoms with Crippen LogP contribution in [0.2, 0.25) is 13.1 Å². The van der Waals surface area contributed by atoms with Crippen molar-refractivity contribution in [1.29, 1.82) is 0 Å². The highest BCUT2D eigenvalue weighted by atomic mass is 28.3. The van der Waals surface area contributed by atoms with E-state index >= 15 is 0 Å². The molecule has 1 unspecified atom stereocenters. The van der Waals surface area contributed by atoms with Crippen molar-refractivity contribution < 1.29 is 4.43 Å². The molecule has 0 aromatic heterocycles. The fourth-order valence-corrected chi connectivity index (χ4v) is 3.35. The lowest BCUT2D eigenvalue weighted by Gasteiger charge is -2.37. The molecule has 2 atom stereocenters. The average molecular weight is 215 g/mol. The number of hydrogen-bond acceptors (Lipinski definition) is 2. The van der Waals surface area contributed by atoms with Crippen LogP contribution in [0.15, 0.2) is 0 Å². The number of nitrogens with one attached hydrogen (secondary N) is 1. The zero-order valence-electron chi connectivity index (χ0n) is 10.3. The third-order valence-corrected chi connectivity index (χ3v) is 3.57. The smallest absolute Gasteiger partial charge is 0.171 e. The Morgan fingerprint density at radius 2 is 2.00 bits per heavy atom. The van der Waals surface area contributed by atoms with Gasteiger partial charge in [0.2, 0.25) is 0 Å². The van der Waals surface area contributed by atoms with E-state index in [1.54, 1.807) is 0 Å². The Kier molecular flexibility index (Phi) is 4.16. The molecular weight excluding hydrogens is 190 g/mol. The summed E-state index contributed by atoms with van der Waals surface area (Å²) in [7, 11) is -0.924. The molecule has 1 aliphatic rings. The van der Waals surface area contributed by atoms with E-state index in [-0.39, 0.29) is 5.41 Å². The molecule has 1 N–H and O–H groups in total. The van der Waals surface area contributed by atoms with Crippen molar-refractivity contribution in [3.8, 4) is 0 Å². The summed E-state index contributed by atoms with van der Waals surface area (Å²) in [5.74, 6) is 0. The quantitative estimate of drug-likeness (QED) is 0.729. The minimum atomic E-state index is -0.924. The van der Waals surface area contributed by atoms with E-state index in [9.17, 15) is 0 Å². The average Bonchev–Trinajstić information content (AvgIpc) is 2.49. The first kappa shape index (κ1) is 12.2. The molecule has 0 aromatic rings. The van der Waals surface area contributed by atoms with E-state index in [0.29, 0.717) is 12.1 Å². The molecule has 1 rings (SSSR count). The first-order valence-corrected chi connectivity index (χ1v) is 8.58. The fourth-order valence-electron chi connectivity index (χ4n) is 2.17. The zero-order valence-corrected chi connectivity index (χ0v) is 11.4. The molecule has 0 aliphatic carbocycles. The van der Waals surface area contributed by atoms with Crippen LogP contribution in [0.1, 0.15) is 33.6 Å². The van der Waals surface area contributed by atoms with E-state index in [2.05, 4.69) is 39.2 Å². The lowest BCUT2D eigenvalue weighted by atomic mass is 9.84.